The van der Waals surface area contributed by atoms with Crippen LogP contribution in [0.2, 0.25) is 0 Å². The van der Waals surface area contributed by atoms with E-state index in [2.05, 4.69) is 45.1 Å². The number of Topliss-reactive ketones (excluding diaryl/α,β-unsaturated/α-hetero) is 1. The van der Waals surface area contributed by atoms with Gasteiger partial charge in [0.2, 0.25) is 0 Å². The molecule has 3 heteroatoms. The zero-order valence-electron chi connectivity index (χ0n) is 14.3. The monoisotopic (exact) mass is 303 g/mol. The van der Waals surface area contributed by atoms with E-state index >= 15 is 0 Å². The lowest BCUT2D eigenvalue weighted by molar-refractivity contribution is -0.0480. The van der Waals surface area contributed by atoms with Crippen molar-refractivity contribution >= 4 is 5.78 Å². The van der Waals surface area contributed by atoms with Crippen LogP contribution in [0.1, 0.15) is 62.4 Å². The minimum absolute atomic E-state index is 0.0338. The van der Waals surface area contributed by atoms with Crippen molar-refractivity contribution in [2.45, 2.75) is 52.6 Å². The molecule has 1 saturated heterocycles. The van der Waals surface area contributed by atoms with E-state index in [-0.39, 0.29) is 11.9 Å². The van der Waals surface area contributed by atoms with Crippen molar-refractivity contribution in [1.82, 2.24) is 5.32 Å². The predicted octanol–water partition coefficient (Wildman–Crippen LogP) is 3.79. The van der Waals surface area contributed by atoms with Crippen LogP contribution in [0.15, 0.2) is 24.3 Å². The average molecular weight is 303 g/mol. The lowest BCUT2D eigenvalue weighted by Gasteiger charge is -2.40. The van der Waals surface area contributed by atoms with E-state index in [9.17, 15) is 4.79 Å². The number of ether oxygens (including phenoxy) is 1. The molecule has 22 heavy (non-hydrogen) atoms. The number of hydrogen-bond donors (Lipinski definition) is 1. The highest BCUT2D eigenvalue weighted by molar-refractivity contribution is 6.01. The topological polar surface area (TPSA) is 38.3 Å². The molecule has 1 fully saturated rings. The van der Waals surface area contributed by atoms with Gasteiger partial charge < -0.3 is 10.1 Å². The van der Waals surface area contributed by atoms with E-state index in [1.807, 2.05) is 12.1 Å². The van der Waals surface area contributed by atoms with Crippen molar-refractivity contribution < 1.29 is 9.53 Å². The van der Waals surface area contributed by atoms with Crippen LogP contribution in [-0.2, 0) is 4.74 Å². The van der Waals surface area contributed by atoms with Gasteiger partial charge in [0.15, 0.2) is 5.78 Å². The minimum Gasteiger partial charge on any atom is -0.375 e. The Morgan fingerprint density at radius 1 is 1.27 bits per heavy atom. The summed E-state index contributed by atoms with van der Waals surface area (Å²) in [6.07, 6.45) is 1.58. The van der Waals surface area contributed by atoms with Crippen molar-refractivity contribution in [2.24, 2.45) is 5.41 Å². The summed E-state index contributed by atoms with van der Waals surface area (Å²) in [7, 11) is 0. The third kappa shape index (κ3) is 3.26. The Hall–Kier alpha value is -1.19. The molecule has 1 heterocycles. The van der Waals surface area contributed by atoms with Gasteiger partial charge in [0, 0.05) is 18.7 Å². The number of carbonyl (C=O) groups excluding carboxylic acids is 1. The summed E-state index contributed by atoms with van der Waals surface area (Å²) in [6, 6.07) is 8.11. The maximum atomic E-state index is 13.2. The molecule has 0 saturated carbocycles. The standard InChI is InChI=1S/C19H29NO2/c1-5-19(6-2,17-13-20-11-12-22-17)18(21)16-9-7-15(8-10-16)14(3)4/h7-10,14,17,20H,5-6,11-13H2,1-4H3. The molecule has 1 unspecified atom stereocenters. The fourth-order valence-corrected chi connectivity index (χ4v) is 3.40. The molecule has 0 radical (unpaired) electrons. The van der Waals surface area contributed by atoms with Gasteiger partial charge in [0.1, 0.15) is 0 Å². The molecule has 1 aromatic carbocycles. The zero-order chi connectivity index (χ0) is 16.2. The van der Waals surface area contributed by atoms with Crippen molar-refractivity contribution in [1.29, 1.82) is 0 Å². The highest BCUT2D eigenvalue weighted by Gasteiger charge is 2.44. The second-order valence-electron chi connectivity index (χ2n) is 6.53. The van der Waals surface area contributed by atoms with E-state index in [4.69, 9.17) is 4.74 Å². The van der Waals surface area contributed by atoms with Crippen LogP contribution in [0.25, 0.3) is 0 Å². The summed E-state index contributed by atoms with van der Waals surface area (Å²) in [6.45, 7) is 10.9. The van der Waals surface area contributed by atoms with Crippen LogP contribution in [0, 0.1) is 5.41 Å². The van der Waals surface area contributed by atoms with Crippen LogP contribution in [0.5, 0.6) is 0 Å². The van der Waals surface area contributed by atoms with E-state index in [0.717, 1.165) is 31.5 Å². The van der Waals surface area contributed by atoms with Crippen LogP contribution < -0.4 is 5.32 Å². The number of carbonyl (C=O) groups is 1. The number of nitrogens with one attached hydrogen (secondary N) is 1. The molecule has 3 nitrogen and oxygen atoms in total. The first-order chi connectivity index (χ1) is 10.5. The molecule has 0 aromatic heterocycles. The first kappa shape index (κ1) is 17.2. The van der Waals surface area contributed by atoms with Crippen LogP contribution >= 0.6 is 0 Å². The summed E-state index contributed by atoms with van der Waals surface area (Å²) in [5.41, 5.74) is 1.65. The Balaban J connectivity index is 2.28. The second kappa shape index (κ2) is 7.38. The highest BCUT2D eigenvalue weighted by Crippen LogP contribution is 2.37. The third-order valence-corrected chi connectivity index (χ3v) is 5.10. The maximum absolute atomic E-state index is 13.2. The molecule has 0 amide bonds. The minimum atomic E-state index is -0.424. The number of morpholine rings is 1. The molecule has 2 rings (SSSR count). The first-order valence-electron chi connectivity index (χ1n) is 8.52. The predicted molar refractivity (Wildman–Crippen MR) is 90.5 cm³/mol. The van der Waals surface area contributed by atoms with Crippen molar-refractivity contribution in [3.8, 4) is 0 Å². The van der Waals surface area contributed by atoms with Crippen molar-refractivity contribution in [3.05, 3.63) is 35.4 Å². The Morgan fingerprint density at radius 2 is 1.91 bits per heavy atom. The lowest BCUT2D eigenvalue weighted by Crippen LogP contribution is -2.52. The smallest absolute Gasteiger partial charge is 0.171 e. The molecule has 0 bridgehead atoms. The quantitative estimate of drug-likeness (QED) is 0.813. The molecule has 1 atom stereocenters. The molecule has 1 aromatic rings. The average Bonchev–Trinajstić information content (AvgIpc) is 2.57. The summed E-state index contributed by atoms with van der Waals surface area (Å²) in [4.78, 5) is 13.2. The molecule has 1 aliphatic rings. The summed E-state index contributed by atoms with van der Waals surface area (Å²) < 4.78 is 5.95. The molecular formula is C19H29NO2. The largest absolute Gasteiger partial charge is 0.375 e. The summed E-state index contributed by atoms with van der Waals surface area (Å²) in [5.74, 6) is 0.707. The molecule has 0 spiro atoms. The number of hydrogen-bond acceptors (Lipinski definition) is 3. The van der Waals surface area contributed by atoms with Crippen molar-refractivity contribution in [2.75, 3.05) is 19.7 Å². The summed E-state index contributed by atoms with van der Waals surface area (Å²) in [5, 5.41) is 3.36. The molecule has 122 valence electrons. The number of ketones is 1. The Labute approximate surface area is 134 Å². The Bertz CT molecular complexity index is 483. The van der Waals surface area contributed by atoms with Gasteiger partial charge in [-0.25, -0.2) is 0 Å². The van der Waals surface area contributed by atoms with E-state index < -0.39 is 5.41 Å². The third-order valence-electron chi connectivity index (χ3n) is 5.10. The van der Waals surface area contributed by atoms with Crippen molar-refractivity contribution in [3.63, 3.8) is 0 Å². The highest BCUT2D eigenvalue weighted by atomic mass is 16.5. The van der Waals surface area contributed by atoms with E-state index in [0.29, 0.717) is 12.5 Å². The van der Waals surface area contributed by atoms with E-state index in [1.54, 1.807) is 0 Å². The van der Waals surface area contributed by atoms with Gasteiger partial charge in [0.05, 0.1) is 18.1 Å². The normalized spacial score (nSPS) is 19.4. The van der Waals surface area contributed by atoms with Gasteiger partial charge in [-0.15, -0.1) is 0 Å². The summed E-state index contributed by atoms with van der Waals surface area (Å²) >= 11 is 0. The number of benzene rings is 1. The SMILES string of the molecule is CCC(CC)(C(=O)c1ccc(C(C)C)cc1)C1CNCCO1. The molecular weight excluding hydrogens is 274 g/mol. The van der Waals surface area contributed by atoms with Crippen LogP contribution in [0.3, 0.4) is 0 Å². The zero-order valence-corrected chi connectivity index (χ0v) is 14.3. The fourth-order valence-electron chi connectivity index (χ4n) is 3.40. The fraction of sp³-hybridized carbons (Fsp3) is 0.632. The lowest BCUT2D eigenvalue weighted by atomic mass is 9.71. The van der Waals surface area contributed by atoms with Gasteiger partial charge in [-0.3, -0.25) is 4.79 Å². The molecule has 1 aliphatic heterocycles. The van der Waals surface area contributed by atoms with Crippen LogP contribution in [0.4, 0.5) is 0 Å². The maximum Gasteiger partial charge on any atom is 0.171 e. The Morgan fingerprint density at radius 3 is 2.36 bits per heavy atom. The molecule has 1 N–H and O–H groups in total. The van der Waals surface area contributed by atoms with Crippen LogP contribution in [-0.4, -0.2) is 31.6 Å². The number of rotatable bonds is 6. The Kier molecular flexibility index (Phi) is 5.76. The van der Waals surface area contributed by atoms with Gasteiger partial charge in [-0.05, 0) is 24.3 Å². The molecule has 0 aliphatic carbocycles. The van der Waals surface area contributed by atoms with Gasteiger partial charge in [0.25, 0.3) is 0 Å². The van der Waals surface area contributed by atoms with Gasteiger partial charge in [-0.2, -0.15) is 0 Å². The first-order valence-corrected chi connectivity index (χ1v) is 8.52. The van der Waals surface area contributed by atoms with E-state index in [1.165, 1.54) is 5.56 Å². The van der Waals surface area contributed by atoms with Gasteiger partial charge in [-0.1, -0.05) is 52.0 Å². The second-order valence-corrected chi connectivity index (χ2v) is 6.53. The van der Waals surface area contributed by atoms with Gasteiger partial charge >= 0.3 is 0 Å².